The Hall–Kier alpha value is -1.88. The molecule has 0 amide bonds. The molecule has 0 spiro atoms. The van der Waals surface area contributed by atoms with Crippen LogP contribution < -0.4 is 4.74 Å². The fourth-order valence-electron chi connectivity index (χ4n) is 3.66. The third-order valence-electron chi connectivity index (χ3n) is 4.88. The Labute approximate surface area is 177 Å². The standard InChI is InChI=1S/C23H14Br2OS/c1-26-23-18(24)10-15(11-19(23)25)16-7-4-8-20-22(16)17-9-13-5-2-3-6-14(13)12-21(17)27-20/h2-12H,1H3. The fraction of sp³-hybridized carbons (Fsp3) is 0.0435. The maximum Gasteiger partial charge on any atom is 0.147 e. The number of benzene rings is 4. The van der Waals surface area contributed by atoms with Crippen molar-refractivity contribution in [2.75, 3.05) is 7.11 Å². The Balaban J connectivity index is 1.86. The Kier molecular flexibility index (Phi) is 4.23. The normalized spacial score (nSPS) is 11.5. The van der Waals surface area contributed by atoms with Crippen LogP contribution in [0.3, 0.4) is 0 Å². The van der Waals surface area contributed by atoms with Gasteiger partial charge in [0.1, 0.15) is 5.75 Å². The zero-order chi connectivity index (χ0) is 18.5. The average Bonchev–Trinajstić information content (AvgIpc) is 3.03. The Bertz CT molecular complexity index is 1310. The molecule has 4 heteroatoms. The minimum absolute atomic E-state index is 0.812. The molecule has 0 unspecified atom stereocenters. The first-order valence-electron chi connectivity index (χ1n) is 8.53. The predicted molar refractivity (Wildman–Crippen MR) is 124 cm³/mol. The first-order valence-corrected chi connectivity index (χ1v) is 10.9. The third kappa shape index (κ3) is 2.78. The van der Waals surface area contributed by atoms with Gasteiger partial charge in [-0.3, -0.25) is 0 Å². The molecule has 0 N–H and O–H groups in total. The highest BCUT2D eigenvalue weighted by molar-refractivity contribution is 9.11. The summed E-state index contributed by atoms with van der Waals surface area (Å²) in [7, 11) is 1.68. The van der Waals surface area contributed by atoms with Crippen molar-refractivity contribution in [3.63, 3.8) is 0 Å². The van der Waals surface area contributed by atoms with Gasteiger partial charge < -0.3 is 4.74 Å². The van der Waals surface area contributed by atoms with E-state index in [1.54, 1.807) is 7.11 Å². The van der Waals surface area contributed by atoms with Gasteiger partial charge >= 0.3 is 0 Å². The summed E-state index contributed by atoms with van der Waals surface area (Å²) in [5.74, 6) is 0.812. The van der Waals surface area contributed by atoms with Crippen molar-refractivity contribution in [1.82, 2.24) is 0 Å². The highest BCUT2D eigenvalue weighted by Gasteiger charge is 2.14. The molecule has 0 atom stereocenters. The van der Waals surface area contributed by atoms with Gasteiger partial charge in [-0.25, -0.2) is 0 Å². The SMILES string of the molecule is COc1c(Br)cc(-c2cccc3sc4cc5ccccc5cc4c23)cc1Br. The van der Waals surface area contributed by atoms with Gasteiger partial charge in [0.05, 0.1) is 16.1 Å². The third-order valence-corrected chi connectivity index (χ3v) is 7.17. The van der Waals surface area contributed by atoms with E-state index in [0.29, 0.717) is 0 Å². The first kappa shape index (κ1) is 17.2. The number of fused-ring (bicyclic) bond motifs is 4. The second kappa shape index (κ2) is 6.62. The molecule has 0 saturated carbocycles. The summed E-state index contributed by atoms with van der Waals surface area (Å²) in [5.41, 5.74) is 2.39. The summed E-state index contributed by atoms with van der Waals surface area (Å²) in [6, 6.07) is 24.0. The quantitative estimate of drug-likeness (QED) is 0.238. The molecule has 5 aromatic rings. The molecule has 1 nitrogen and oxygen atoms in total. The summed E-state index contributed by atoms with van der Waals surface area (Å²) in [6.45, 7) is 0. The van der Waals surface area contributed by atoms with Crippen LogP contribution in [0, 0.1) is 0 Å². The van der Waals surface area contributed by atoms with Crippen molar-refractivity contribution in [2.45, 2.75) is 0 Å². The van der Waals surface area contributed by atoms with Crippen molar-refractivity contribution >= 4 is 74.1 Å². The lowest BCUT2D eigenvalue weighted by Crippen LogP contribution is -1.88. The zero-order valence-corrected chi connectivity index (χ0v) is 18.4. The molecule has 4 aromatic carbocycles. The lowest BCUT2D eigenvalue weighted by atomic mass is 9.98. The van der Waals surface area contributed by atoms with Crippen LogP contribution in [0.5, 0.6) is 5.75 Å². The number of rotatable bonds is 2. The summed E-state index contributed by atoms with van der Waals surface area (Å²) in [4.78, 5) is 0. The largest absolute Gasteiger partial charge is 0.494 e. The van der Waals surface area contributed by atoms with Crippen LogP contribution in [-0.2, 0) is 0 Å². The second-order valence-electron chi connectivity index (χ2n) is 6.45. The monoisotopic (exact) mass is 496 g/mol. The van der Waals surface area contributed by atoms with Crippen LogP contribution >= 0.6 is 43.2 Å². The smallest absolute Gasteiger partial charge is 0.147 e. The first-order chi connectivity index (χ1) is 13.2. The maximum absolute atomic E-state index is 5.47. The van der Waals surface area contributed by atoms with Crippen LogP contribution in [0.25, 0.3) is 42.1 Å². The topological polar surface area (TPSA) is 9.23 Å². The van der Waals surface area contributed by atoms with Gasteiger partial charge in [0.2, 0.25) is 0 Å². The number of hydrogen-bond donors (Lipinski definition) is 0. The van der Waals surface area contributed by atoms with Crippen molar-refractivity contribution in [2.24, 2.45) is 0 Å². The fourth-order valence-corrected chi connectivity index (χ4v) is 6.34. The number of thiophene rings is 1. The van der Waals surface area contributed by atoms with Crippen molar-refractivity contribution in [1.29, 1.82) is 0 Å². The number of hydrogen-bond acceptors (Lipinski definition) is 2. The summed E-state index contributed by atoms with van der Waals surface area (Å²) in [6.07, 6.45) is 0. The van der Waals surface area contributed by atoms with Gasteiger partial charge in [-0.05, 0) is 84.1 Å². The van der Waals surface area contributed by atoms with Gasteiger partial charge in [-0.2, -0.15) is 0 Å². The molecule has 0 bridgehead atoms. The Morgan fingerprint density at radius 1 is 0.778 bits per heavy atom. The lowest BCUT2D eigenvalue weighted by molar-refractivity contribution is 0.409. The van der Waals surface area contributed by atoms with E-state index in [-0.39, 0.29) is 0 Å². The summed E-state index contributed by atoms with van der Waals surface area (Å²) < 4.78 is 9.98. The van der Waals surface area contributed by atoms with Gasteiger partial charge in [-0.1, -0.05) is 36.4 Å². The van der Waals surface area contributed by atoms with Gasteiger partial charge in [0.15, 0.2) is 0 Å². The highest BCUT2D eigenvalue weighted by Crippen LogP contribution is 2.44. The van der Waals surface area contributed by atoms with Crippen LogP contribution in [-0.4, -0.2) is 7.11 Å². The molecule has 0 aliphatic carbocycles. The van der Waals surface area contributed by atoms with Gasteiger partial charge in [0, 0.05) is 20.2 Å². The van der Waals surface area contributed by atoms with E-state index in [9.17, 15) is 0 Å². The van der Waals surface area contributed by atoms with E-state index in [0.717, 1.165) is 20.3 Å². The van der Waals surface area contributed by atoms with Crippen molar-refractivity contribution < 1.29 is 4.74 Å². The molecule has 0 aliphatic rings. The van der Waals surface area contributed by atoms with E-state index in [1.165, 1.54) is 36.5 Å². The number of methoxy groups -OCH3 is 1. The van der Waals surface area contributed by atoms with Gasteiger partial charge in [0.25, 0.3) is 0 Å². The molecular weight excluding hydrogens is 484 g/mol. The average molecular weight is 498 g/mol. The van der Waals surface area contributed by atoms with E-state index in [4.69, 9.17) is 4.74 Å². The molecule has 1 heterocycles. The van der Waals surface area contributed by atoms with Crippen LogP contribution in [0.4, 0.5) is 0 Å². The molecule has 1 aromatic heterocycles. The van der Waals surface area contributed by atoms with Crippen LogP contribution in [0.1, 0.15) is 0 Å². The maximum atomic E-state index is 5.47. The predicted octanol–water partition coefficient (Wildman–Crippen LogP) is 8.41. The molecule has 0 saturated heterocycles. The summed E-state index contributed by atoms with van der Waals surface area (Å²) in [5, 5.41) is 5.18. The summed E-state index contributed by atoms with van der Waals surface area (Å²) >= 11 is 9.13. The molecule has 132 valence electrons. The van der Waals surface area contributed by atoms with Crippen LogP contribution in [0.15, 0.2) is 75.7 Å². The minimum Gasteiger partial charge on any atom is -0.494 e. The van der Waals surface area contributed by atoms with E-state index in [2.05, 4.69) is 98.6 Å². The van der Waals surface area contributed by atoms with E-state index < -0.39 is 0 Å². The molecule has 0 fully saturated rings. The molecule has 0 aliphatic heterocycles. The lowest BCUT2D eigenvalue weighted by Gasteiger charge is -2.11. The molecular formula is C23H14Br2OS. The van der Waals surface area contributed by atoms with E-state index in [1.807, 2.05) is 11.3 Å². The highest BCUT2D eigenvalue weighted by atomic mass is 79.9. The minimum atomic E-state index is 0.812. The Morgan fingerprint density at radius 2 is 1.48 bits per heavy atom. The molecule has 0 radical (unpaired) electrons. The number of ether oxygens (including phenoxy) is 1. The zero-order valence-electron chi connectivity index (χ0n) is 14.4. The van der Waals surface area contributed by atoms with Gasteiger partial charge in [-0.15, -0.1) is 11.3 Å². The van der Waals surface area contributed by atoms with Crippen molar-refractivity contribution in [3.05, 3.63) is 75.7 Å². The second-order valence-corrected chi connectivity index (χ2v) is 9.24. The van der Waals surface area contributed by atoms with Crippen molar-refractivity contribution in [3.8, 4) is 16.9 Å². The molecule has 27 heavy (non-hydrogen) atoms. The van der Waals surface area contributed by atoms with Crippen LogP contribution in [0.2, 0.25) is 0 Å². The number of halogens is 2. The molecule has 5 rings (SSSR count). The Morgan fingerprint density at radius 3 is 2.19 bits per heavy atom. The van der Waals surface area contributed by atoms with E-state index >= 15 is 0 Å².